The van der Waals surface area contributed by atoms with Crippen LogP contribution in [0.1, 0.15) is 188 Å². The van der Waals surface area contributed by atoms with Crippen molar-refractivity contribution >= 4 is 65.2 Å². The van der Waals surface area contributed by atoms with E-state index in [1.54, 1.807) is 47.6 Å². The summed E-state index contributed by atoms with van der Waals surface area (Å²) < 4.78 is 102. The van der Waals surface area contributed by atoms with Crippen LogP contribution in [0.15, 0.2) is 83.8 Å². The van der Waals surface area contributed by atoms with Crippen LogP contribution in [-0.4, -0.2) is 145 Å². The predicted molar refractivity (Wildman–Crippen MR) is 405 cm³/mol. The van der Waals surface area contributed by atoms with Gasteiger partial charge in [-0.2, -0.15) is 13.2 Å². The molecule has 112 heavy (non-hydrogen) atoms. The molecule has 3 aliphatic heterocycles. The number of carbonyl (C=O) groups is 1. The van der Waals surface area contributed by atoms with Gasteiger partial charge >= 0.3 is 46.6 Å². The number of aliphatic hydroxyl groups excluding tert-OH is 2. The summed E-state index contributed by atoms with van der Waals surface area (Å²) in [5, 5.41) is 44.2. The number of hydrogen-bond acceptors (Lipinski definition) is 28. The minimum Gasteiger partial charge on any atom is -0.497 e. The molecule has 5 aromatic rings. The van der Waals surface area contributed by atoms with Gasteiger partial charge in [-0.1, -0.05) is 92.1 Å². The van der Waals surface area contributed by atoms with Crippen molar-refractivity contribution in [3.05, 3.63) is 166 Å². The highest BCUT2D eigenvalue weighted by atomic mass is 79.9. The molecular formula is C67H100BrN8O32P3Si. The Labute approximate surface area is 651 Å². The van der Waals surface area contributed by atoms with Crippen LogP contribution in [0.2, 0.25) is 18.1 Å². The molecule has 0 aliphatic carbocycles. The maximum Gasteiger partial charge on any atom is 0.490 e. The van der Waals surface area contributed by atoms with E-state index in [2.05, 4.69) is 72.9 Å². The second-order valence-electron chi connectivity index (χ2n) is 31.1. The van der Waals surface area contributed by atoms with E-state index in [1.807, 2.05) is 34.6 Å². The van der Waals surface area contributed by atoms with Crippen molar-refractivity contribution in [1.29, 1.82) is 0 Å². The molecule has 0 amide bonds. The van der Waals surface area contributed by atoms with Crippen LogP contribution in [0.25, 0.3) is 0 Å². The number of nitro benzene ring substituents is 2. The van der Waals surface area contributed by atoms with Gasteiger partial charge in [0, 0.05) is 60.9 Å². The van der Waals surface area contributed by atoms with Gasteiger partial charge in [0.1, 0.15) is 41.9 Å². The Morgan fingerprint density at radius 1 is 0.634 bits per heavy atom. The first-order valence-corrected chi connectivity index (χ1v) is 43.6. The Morgan fingerprint density at radius 2 is 1.05 bits per heavy atom. The lowest BCUT2D eigenvalue weighted by Gasteiger charge is -2.39. The van der Waals surface area contributed by atoms with Crippen molar-refractivity contribution in [2.45, 2.75) is 239 Å². The van der Waals surface area contributed by atoms with Crippen LogP contribution < -0.4 is 43.2 Å². The van der Waals surface area contributed by atoms with Crippen molar-refractivity contribution in [1.82, 2.24) is 28.2 Å². The zero-order chi connectivity index (χ0) is 84.7. The summed E-state index contributed by atoms with van der Waals surface area (Å²) in [6.07, 6.45) is -4.21. The van der Waals surface area contributed by atoms with E-state index in [9.17, 15) is 87.5 Å². The maximum atomic E-state index is 13.2. The number of halogens is 1. The average Bonchev–Trinajstić information content (AvgIpc) is 1.48. The van der Waals surface area contributed by atoms with E-state index >= 15 is 0 Å². The predicted octanol–water partition coefficient (Wildman–Crippen LogP) is 9.34. The highest BCUT2D eigenvalue weighted by molar-refractivity contribution is 9.08. The van der Waals surface area contributed by atoms with Gasteiger partial charge in [0.25, 0.3) is 28.1 Å². The fraction of sp³-hybridized carbons (Fsp3) is 0.627. The van der Waals surface area contributed by atoms with E-state index in [1.165, 1.54) is 66.1 Å². The molecule has 0 spiro atoms. The summed E-state index contributed by atoms with van der Waals surface area (Å²) in [7, 11) is -16.1. The standard InChI is InChI=1S/C23H31N3O8.C22H37BrN2O6Si.C22H32N3O18P3/c1-6-18-17(27)10-19(34-18)25-11-13(21(28)24-22(25)29)12-33-20(23(2,3)4)15-9-14(32-5)7-8-16(15)26(30)31;1-10-15-16(31-32(8,9)22(5,6)7)11-17(29-15)24-13-14(12-23)18(26)25(19(24)27)20(28)30-21(2,3)4;1-22(2,3)19(14-7-13(38-4)5-6-15(14)25(29)30)39-10-12-9-24(21(28)23-20(12)27)18-8-16(26)17(41-18)11-40-45(34,35)43-46(36,37)42-44(31,32)33/h7-9,11,17-20,27H,6,10,12H2,1-5H3,(H,24,28,29);13,15-17H,10-12H2,1-9H3;5-7,9,16-19,26H,8,10-11H2,1-4H3,(H,34,35)(H,36,37)(H,23,27,28)(H2,31,32,33)/t17?,18-,19-,20-;15-,16?,17-;16?,17-,18-,19-/m111/s1. The summed E-state index contributed by atoms with van der Waals surface area (Å²) in [5.74, 6) is 0.761. The number of H-pyrrole nitrogens is 2. The van der Waals surface area contributed by atoms with Gasteiger partial charge in [0.2, 0.25) is 0 Å². The van der Waals surface area contributed by atoms with Gasteiger partial charge in [0.15, 0.2) is 8.32 Å². The Morgan fingerprint density at radius 3 is 1.44 bits per heavy atom. The van der Waals surface area contributed by atoms with Crippen LogP contribution in [0.5, 0.6) is 11.5 Å². The zero-order valence-corrected chi connectivity index (χ0v) is 70.4. The minimum absolute atomic E-state index is 0.0350. The van der Waals surface area contributed by atoms with Crippen molar-refractivity contribution in [2.75, 3.05) is 20.8 Å². The molecule has 3 fully saturated rings. The Kier molecular flexibility index (Phi) is 31.4. The molecule has 8 rings (SSSR count). The lowest BCUT2D eigenvalue weighted by atomic mass is 9.83. The van der Waals surface area contributed by atoms with Crippen LogP contribution in [-0.2, 0) is 78.2 Å². The monoisotopic (exact) mass is 1730 g/mol. The van der Waals surface area contributed by atoms with Crippen molar-refractivity contribution in [3.63, 3.8) is 0 Å². The molecule has 6 heterocycles. The van der Waals surface area contributed by atoms with E-state index in [0.717, 1.165) is 17.2 Å². The number of nitrogens with zero attached hydrogens (tertiary/aromatic N) is 6. The molecular weight excluding hydrogens is 1630 g/mol. The Balaban J connectivity index is 0.000000268. The second-order valence-corrected chi connectivity index (χ2v) is 40.8. The molecule has 0 radical (unpaired) electrons. The van der Waals surface area contributed by atoms with Gasteiger partial charge < -0.3 is 72.1 Å². The third-order valence-corrected chi connectivity index (χ3v) is 27.1. The number of methoxy groups -OCH3 is 2. The summed E-state index contributed by atoms with van der Waals surface area (Å²) in [4.78, 5) is 152. The number of benzene rings is 2. The number of carbonyl (C=O) groups excluding carboxylic acids is 1. The van der Waals surface area contributed by atoms with E-state index in [0.29, 0.717) is 34.5 Å². The molecule has 5 unspecified atom stereocenters. The molecule has 8 N–H and O–H groups in total. The molecule has 3 aliphatic rings. The minimum atomic E-state index is -5.78. The van der Waals surface area contributed by atoms with Gasteiger partial charge in [0.05, 0.1) is 109 Å². The highest BCUT2D eigenvalue weighted by Crippen LogP contribution is 2.66. The Hall–Kier alpha value is -6.86. The SMILES string of the molecule is CC[C@H]1O[C@@H](n2cc(CBr)c(=O)n(C(=O)OC(C)(C)C)c2=O)CC1O[Si](C)(C)C(C)(C)C.CC[C@H]1O[C@@H](n2cc(CO[C@H](c3cc(OC)ccc3[N+](=O)[O-])C(C)(C)C)c(=O)[nH]c2=O)CC1O.COc1ccc([N+](=O)[O-])c([C@@H](OCc2cn([C@H]3CC(O)[C@@H](COP(=O)(O)OP(=O)(O)OP(=O)(O)O)O3)c(=O)[nH]c2=O)C(C)(C)C)c1. The lowest BCUT2D eigenvalue weighted by Crippen LogP contribution is -2.47. The fourth-order valence-electron chi connectivity index (χ4n) is 11.8. The van der Waals surface area contributed by atoms with Crippen molar-refractivity contribution in [2.24, 2.45) is 10.8 Å². The lowest BCUT2D eigenvalue weighted by molar-refractivity contribution is -0.386. The summed E-state index contributed by atoms with van der Waals surface area (Å²) in [5.41, 5.74) is -6.35. The highest BCUT2D eigenvalue weighted by Gasteiger charge is 2.47. The largest absolute Gasteiger partial charge is 0.497 e. The van der Waals surface area contributed by atoms with Gasteiger partial charge in [-0.25, -0.2) is 32.9 Å². The molecule has 13 atom stereocenters. The number of phosphoric ester groups is 1. The zero-order valence-electron chi connectivity index (χ0n) is 65.1. The molecule has 2 aromatic carbocycles. The third kappa shape index (κ3) is 24.8. The van der Waals surface area contributed by atoms with E-state index in [4.69, 9.17) is 52.1 Å². The van der Waals surface area contributed by atoms with Crippen molar-refractivity contribution < 1.29 is 114 Å². The molecule has 0 saturated carbocycles. The Bertz CT molecular complexity index is 4720. The van der Waals surface area contributed by atoms with E-state index in [-0.39, 0.29) is 75.7 Å². The van der Waals surface area contributed by atoms with Crippen LogP contribution in [0.3, 0.4) is 0 Å². The normalized spacial score (nSPS) is 22.0. The van der Waals surface area contributed by atoms with Crippen molar-refractivity contribution in [3.8, 4) is 11.5 Å². The smallest absolute Gasteiger partial charge is 0.490 e. The fourth-order valence-corrected chi connectivity index (χ4v) is 16.6. The number of aromatic nitrogens is 6. The second kappa shape index (κ2) is 37.4. The molecule has 0 bridgehead atoms. The number of phosphoric acid groups is 3. The molecule has 3 aromatic heterocycles. The summed E-state index contributed by atoms with van der Waals surface area (Å²) in [6, 6.07) is 8.52. The molecule has 45 heteroatoms. The number of nitro groups is 2. The first kappa shape index (κ1) is 94.0. The number of rotatable bonds is 27. The van der Waals surface area contributed by atoms with Gasteiger partial charge in [-0.15, -0.1) is 0 Å². The number of hydrogen-bond donors (Lipinski definition) is 8. The number of aromatic amines is 2. The number of aliphatic hydroxyl groups is 2. The number of alkyl halides is 1. The van der Waals surface area contributed by atoms with Crippen LogP contribution in [0.4, 0.5) is 16.2 Å². The van der Waals surface area contributed by atoms with Crippen LogP contribution in [0, 0.1) is 31.1 Å². The topological polar surface area (TPSA) is 540 Å². The maximum absolute atomic E-state index is 13.2. The van der Waals surface area contributed by atoms with Gasteiger partial charge in [-0.05, 0) is 86.8 Å². The summed E-state index contributed by atoms with van der Waals surface area (Å²) in [6.45, 7) is 29.0. The van der Waals surface area contributed by atoms with E-state index < -0.39 is 166 Å². The third-order valence-electron chi connectivity index (χ3n) is 18.2. The first-order valence-electron chi connectivity index (χ1n) is 35.0. The molecule has 3 saturated heterocycles. The van der Waals surface area contributed by atoms with Crippen LogP contribution >= 0.6 is 39.4 Å². The quantitative estimate of drug-likeness (QED) is 0.00797. The van der Waals surface area contributed by atoms with Gasteiger partial charge in [-0.3, -0.25) is 62.8 Å². The number of ether oxygens (including phenoxy) is 8. The number of nitrogens with one attached hydrogen (secondary N) is 2. The molecule has 626 valence electrons. The molecule has 40 nitrogen and oxygen atoms in total. The summed E-state index contributed by atoms with van der Waals surface area (Å²) >= 11 is 3.28. The average molecular weight is 1730 g/mol. The first-order chi connectivity index (χ1) is 51.5.